The van der Waals surface area contributed by atoms with Crippen molar-refractivity contribution in [1.29, 1.82) is 0 Å². The van der Waals surface area contributed by atoms with Crippen LogP contribution in [-0.2, 0) is 18.8 Å². The molecule has 1 aliphatic rings. The van der Waals surface area contributed by atoms with Crippen molar-refractivity contribution in [2.24, 2.45) is 5.41 Å². The van der Waals surface area contributed by atoms with E-state index in [2.05, 4.69) is 39.0 Å². The van der Waals surface area contributed by atoms with Gasteiger partial charge in [0.05, 0.1) is 30.8 Å². The van der Waals surface area contributed by atoms with Gasteiger partial charge < -0.3 is 19.2 Å². The van der Waals surface area contributed by atoms with E-state index in [0.29, 0.717) is 11.3 Å². The second-order valence-corrected chi connectivity index (χ2v) is 12.0. The molecule has 1 heterocycles. The van der Waals surface area contributed by atoms with E-state index in [1.54, 1.807) is 18.2 Å². The summed E-state index contributed by atoms with van der Waals surface area (Å²) in [5, 5.41) is 8.49. The summed E-state index contributed by atoms with van der Waals surface area (Å²) < 4.78 is 17.8. The molecule has 41 heavy (non-hydrogen) atoms. The van der Waals surface area contributed by atoms with Gasteiger partial charge in [0.15, 0.2) is 0 Å². The van der Waals surface area contributed by atoms with Gasteiger partial charge in [-0.15, -0.1) is 6.42 Å². The van der Waals surface area contributed by atoms with Crippen LogP contribution >= 0.6 is 0 Å². The van der Waals surface area contributed by atoms with Crippen molar-refractivity contribution in [2.75, 3.05) is 14.2 Å². The Morgan fingerprint density at radius 2 is 1.78 bits per heavy atom. The molecule has 0 aliphatic carbocycles. The first-order valence-corrected chi connectivity index (χ1v) is 14.0. The topological polar surface area (TPSA) is 97.3 Å². The van der Waals surface area contributed by atoms with Crippen molar-refractivity contribution in [2.45, 2.75) is 98.8 Å². The van der Waals surface area contributed by atoms with Gasteiger partial charge in [-0.3, -0.25) is 15.0 Å². The molecule has 1 saturated heterocycles. The van der Waals surface area contributed by atoms with Crippen LogP contribution in [0, 0.1) is 24.7 Å². The number of terminal acetylenes is 1. The van der Waals surface area contributed by atoms with E-state index < -0.39 is 18.3 Å². The summed E-state index contributed by atoms with van der Waals surface area (Å²) in [7, 11) is 1.92. The molecule has 2 amide bonds. The monoisotopic (exact) mass is 568 g/mol. The summed E-state index contributed by atoms with van der Waals surface area (Å²) in [5.41, 5.74) is 3.63. The van der Waals surface area contributed by atoms with E-state index in [1.807, 2.05) is 46.8 Å². The number of aliphatic hydroxyl groups excluding tert-OH is 1. The standard InChI is InChI=1S/C31H45BN2O5.CH4O/c1-12-14-17-23(37-11)20-21-27(35)34(26(16-13-2)29(4,5)6)33-28(36)24-18-15-19-25(22(24)3)32-38-30(7,8)31(9,10)39-32;1-2/h1,14-15,17-20,26H,13,16,21H2,2-11H3,(H,33,36);2H,1H3/b17-14-,23-20+;. The van der Waals surface area contributed by atoms with E-state index in [1.165, 1.54) is 18.2 Å². The predicted molar refractivity (Wildman–Crippen MR) is 165 cm³/mol. The number of aliphatic hydroxyl groups is 1. The lowest BCUT2D eigenvalue weighted by Gasteiger charge is -2.40. The second kappa shape index (κ2) is 15.3. The molecule has 0 bridgehead atoms. The number of amides is 2. The Morgan fingerprint density at radius 1 is 1.20 bits per heavy atom. The normalized spacial score (nSPS) is 16.9. The summed E-state index contributed by atoms with van der Waals surface area (Å²) in [4.78, 5) is 27.3. The van der Waals surface area contributed by atoms with Crippen LogP contribution in [0.15, 0.2) is 42.2 Å². The van der Waals surface area contributed by atoms with Crippen LogP contribution in [0.3, 0.4) is 0 Å². The van der Waals surface area contributed by atoms with Crippen LogP contribution in [0.1, 0.15) is 90.6 Å². The number of hydrogen-bond donors (Lipinski definition) is 2. The number of nitrogens with zero attached hydrogens (tertiary/aromatic N) is 1. The van der Waals surface area contributed by atoms with E-state index in [-0.39, 0.29) is 29.7 Å². The number of hydrogen-bond acceptors (Lipinski definition) is 6. The SMILES string of the molecule is C#C/C=C\C(=C/CC(=O)N(NC(=O)c1cccc(B2OC(C)(C)C(C)(C)O2)c1C)C(CCC)C(C)(C)C)OC.CO. The first-order chi connectivity index (χ1) is 19.1. The zero-order valence-electron chi connectivity index (χ0n) is 26.8. The fourth-order valence-electron chi connectivity index (χ4n) is 4.47. The minimum Gasteiger partial charge on any atom is -0.497 e. The number of rotatable bonds is 9. The Morgan fingerprint density at radius 3 is 2.27 bits per heavy atom. The van der Waals surface area contributed by atoms with E-state index in [0.717, 1.165) is 31.0 Å². The highest BCUT2D eigenvalue weighted by Crippen LogP contribution is 2.37. The van der Waals surface area contributed by atoms with Crippen LogP contribution in [0.2, 0.25) is 0 Å². The van der Waals surface area contributed by atoms with Crippen LogP contribution < -0.4 is 10.9 Å². The summed E-state index contributed by atoms with van der Waals surface area (Å²) in [6, 6.07) is 5.24. The number of allylic oxidation sites excluding steroid dienone is 2. The van der Waals surface area contributed by atoms with Crippen molar-refractivity contribution in [3.05, 3.63) is 53.3 Å². The number of hydrazine groups is 1. The van der Waals surface area contributed by atoms with E-state index in [9.17, 15) is 9.59 Å². The Kier molecular flexibility index (Phi) is 13.4. The first-order valence-electron chi connectivity index (χ1n) is 14.0. The van der Waals surface area contributed by atoms with E-state index >= 15 is 0 Å². The van der Waals surface area contributed by atoms with Crippen molar-refractivity contribution in [3.8, 4) is 12.3 Å². The molecule has 2 rings (SSSR count). The van der Waals surface area contributed by atoms with Crippen molar-refractivity contribution >= 4 is 24.4 Å². The lowest BCUT2D eigenvalue weighted by Crippen LogP contribution is -2.56. The van der Waals surface area contributed by atoms with Crippen LogP contribution in [0.4, 0.5) is 0 Å². The smallest absolute Gasteiger partial charge is 0.495 e. The Labute approximate surface area is 247 Å². The molecular formula is C32H49BN2O6. The highest BCUT2D eigenvalue weighted by atomic mass is 16.7. The summed E-state index contributed by atoms with van der Waals surface area (Å²) >= 11 is 0. The van der Waals surface area contributed by atoms with Crippen LogP contribution in [-0.4, -0.2) is 60.5 Å². The van der Waals surface area contributed by atoms with Crippen molar-refractivity contribution < 1.29 is 28.7 Å². The molecular weight excluding hydrogens is 519 g/mol. The van der Waals surface area contributed by atoms with Crippen molar-refractivity contribution in [1.82, 2.24) is 10.4 Å². The third kappa shape index (κ3) is 9.22. The molecule has 8 nitrogen and oxygen atoms in total. The van der Waals surface area contributed by atoms with Gasteiger partial charge in [-0.2, -0.15) is 0 Å². The third-order valence-electron chi connectivity index (χ3n) is 7.55. The van der Waals surface area contributed by atoms with Gasteiger partial charge in [0.25, 0.3) is 5.91 Å². The zero-order chi connectivity index (χ0) is 31.6. The highest BCUT2D eigenvalue weighted by molar-refractivity contribution is 6.62. The minimum absolute atomic E-state index is 0.0294. The molecule has 1 atom stereocenters. The highest BCUT2D eigenvalue weighted by Gasteiger charge is 2.52. The van der Waals surface area contributed by atoms with Gasteiger partial charge in [0.1, 0.15) is 5.76 Å². The molecule has 9 heteroatoms. The fourth-order valence-corrected chi connectivity index (χ4v) is 4.47. The Hall–Kier alpha value is -3.06. The maximum Gasteiger partial charge on any atom is 0.495 e. The number of carbonyl (C=O) groups excluding carboxylic acids is 2. The van der Waals surface area contributed by atoms with Gasteiger partial charge in [0.2, 0.25) is 5.91 Å². The zero-order valence-corrected chi connectivity index (χ0v) is 26.8. The second-order valence-electron chi connectivity index (χ2n) is 12.0. The van der Waals surface area contributed by atoms with Crippen LogP contribution in [0.25, 0.3) is 0 Å². The Bertz CT molecular complexity index is 1130. The number of carbonyl (C=O) groups is 2. The molecule has 0 radical (unpaired) electrons. The molecule has 1 unspecified atom stereocenters. The average molecular weight is 569 g/mol. The first kappa shape index (κ1) is 36.0. The molecule has 226 valence electrons. The quantitative estimate of drug-likeness (QED) is 0.147. The average Bonchev–Trinajstić information content (AvgIpc) is 3.12. The molecule has 0 aromatic heterocycles. The van der Waals surface area contributed by atoms with Gasteiger partial charge in [-0.1, -0.05) is 52.2 Å². The van der Waals surface area contributed by atoms with Gasteiger partial charge >= 0.3 is 7.12 Å². The predicted octanol–water partition coefficient (Wildman–Crippen LogP) is 4.70. The molecule has 1 aromatic carbocycles. The Balaban J connectivity index is 0.00000411. The van der Waals surface area contributed by atoms with Crippen LogP contribution in [0.5, 0.6) is 0 Å². The molecule has 1 aromatic rings. The lowest BCUT2D eigenvalue weighted by atomic mass is 9.75. The maximum atomic E-state index is 13.7. The molecule has 1 fully saturated rings. The lowest BCUT2D eigenvalue weighted by molar-refractivity contribution is -0.138. The number of methoxy groups -OCH3 is 1. The number of nitrogens with one attached hydrogen (secondary N) is 1. The van der Waals surface area contributed by atoms with Gasteiger partial charge in [-0.05, 0) is 81.8 Å². The molecule has 1 aliphatic heterocycles. The third-order valence-corrected chi connectivity index (χ3v) is 7.55. The fraction of sp³-hybridized carbons (Fsp3) is 0.562. The number of benzene rings is 1. The van der Waals surface area contributed by atoms with Gasteiger partial charge in [0, 0.05) is 12.7 Å². The summed E-state index contributed by atoms with van der Waals surface area (Å²) in [6.45, 7) is 18.1. The molecule has 2 N–H and O–H groups in total. The number of ether oxygens (including phenoxy) is 1. The minimum atomic E-state index is -0.600. The molecule has 0 spiro atoms. The van der Waals surface area contributed by atoms with Crippen molar-refractivity contribution in [3.63, 3.8) is 0 Å². The molecule has 0 saturated carbocycles. The van der Waals surface area contributed by atoms with Gasteiger partial charge in [-0.25, -0.2) is 5.01 Å². The summed E-state index contributed by atoms with van der Waals surface area (Å²) in [6.07, 6.45) is 11.7. The summed E-state index contributed by atoms with van der Waals surface area (Å²) in [5.74, 6) is 2.27. The largest absolute Gasteiger partial charge is 0.497 e. The van der Waals surface area contributed by atoms with E-state index in [4.69, 9.17) is 25.6 Å². The maximum absolute atomic E-state index is 13.7.